The van der Waals surface area contributed by atoms with E-state index in [9.17, 15) is 8.42 Å². The van der Waals surface area contributed by atoms with E-state index >= 15 is 0 Å². The molecule has 0 aromatic heterocycles. The molecule has 1 aliphatic heterocycles. The Labute approximate surface area is 69.3 Å². The molecule has 0 unspecified atom stereocenters. The lowest BCUT2D eigenvalue weighted by molar-refractivity contribution is 0.232. The van der Waals surface area contributed by atoms with Gasteiger partial charge in [0.15, 0.2) is 9.84 Å². The highest BCUT2D eigenvalue weighted by Gasteiger charge is 2.31. The van der Waals surface area contributed by atoms with Gasteiger partial charge in [0.25, 0.3) is 0 Å². The molecule has 1 fully saturated rings. The van der Waals surface area contributed by atoms with Gasteiger partial charge in [-0.15, -0.1) is 0 Å². The molecular formula is C7H17NO2S. The van der Waals surface area contributed by atoms with Gasteiger partial charge in [0.05, 0.1) is 5.25 Å². The molecule has 0 atom stereocenters. The Morgan fingerprint density at radius 1 is 1.27 bits per heavy atom. The molecule has 1 heterocycles. The number of likely N-dealkylation sites (tertiary alicyclic amines) is 1. The minimum atomic E-state index is -2.74. The van der Waals surface area contributed by atoms with Crippen LogP contribution in [0.3, 0.4) is 0 Å². The molecular weight excluding hydrogens is 162 g/mol. The topological polar surface area (TPSA) is 37.4 Å². The highest BCUT2D eigenvalue weighted by molar-refractivity contribution is 7.91. The smallest absolute Gasteiger partial charge is 0.152 e. The SMILES string of the molecule is CC.CN1CC(S(C)(=O)=O)C1. The second-order valence-electron chi connectivity index (χ2n) is 2.67. The molecule has 0 spiro atoms. The summed E-state index contributed by atoms with van der Waals surface area (Å²) in [7, 11) is -0.822. The molecule has 3 nitrogen and oxygen atoms in total. The van der Waals surface area contributed by atoms with E-state index in [-0.39, 0.29) is 5.25 Å². The lowest BCUT2D eigenvalue weighted by atomic mass is 10.2. The molecule has 1 saturated heterocycles. The van der Waals surface area contributed by atoms with Crippen molar-refractivity contribution in [2.45, 2.75) is 19.1 Å². The second-order valence-corrected chi connectivity index (χ2v) is 5.00. The summed E-state index contributed by atoms with van der Waals surface area (Å²) in [6, 6.07) is 0. The van der Waals surface area contributed by atoms with Crippen molar-refractivity contribution < 1.29 is 8.42 Å². The van der Waals surface area contributed by atoms with E-state index in [1.165, 1.54) is 6.26 Å². The lowest BCUT2D eigenvalue weighted by Crippen LogP contribution is -2.51. The Morgan fingerprint density at radius 3 is 1.73 bits per heavy atom. The van der Waals surface area contributed by atoms with Crippen LogP contribution in [0.25, 0.3) is 0 Å². The lowest BCUT2D eigenvalue weighted by Gasteiger charge is -2.34. The second kappa shape index (κ2) is 4.07. The van der Waals surface area contributed by atoms with E-state index in [2.05, 4.69) is 0 Å². The maximum Gasteiger partial charge on any atom is 0.152 e. The summed E-state index contributed by atoms with van der Waals surface area (Å²) in [5.74, 6) is 0. The van der Waals surface area contributed by atoms with E-state index in [4.69, 9.17) is 0 Å². The molecule has 0 aromatic carbocycles. The molecule has 0 radical (unpaired) electrons. The first kappa shape index (κ1) is 10.9. The van der Waals surface area contributed by atoms with Crippen molar-refractivity contribution in [2.75, 3.05) is 26.4 Å². The number of nitrogens with zero attached hydrogens (tertiary/aromatic N) is 1. The number of sulfone groups is 1. The van der Waals surface area contributed by atoms with Gasteiger partial charge in [0.2, 0.25) is 0 Å². The fourth-order valence-corrected chi connectivity index (χ4v) is 1.96. The molecule has 0 amide bonds. The first-order chi connectivity index (χ1) is 5.00. The molecule has 0 aliphatic carbocycles. The van der Waals surface area contributed by atoms with Crippen molar-refractivity contribution in [3.63, 3.8) is 0 Å². The van der Waals surface area contributed by atoms with Crippen molar-refractivity contribution in [3.8, 4) is 0 Å². The van der Waals surface area contributed by atoms with Crippen molar-refractivity contribution in [1.82, 2.24) is 4.90 Å². The maximum atomic E-state index is 10.7. The molecule has 0 bridgehead atoms. The molecule has 1 rings (SSSR count). The fourth-order valence-electron chi connectivity index (χ4n) is 0.913. The molecule has 0 saturated carbocycles. The van der Waals surface area contributed by atoms with Gasteiger partial charge in [0.1, 0.15) is 0 Å². The standard InChI is InChI=1S/C5H11NO2S.C2H6/c1-6-3-5(4-6)9(2,7)8;1-2/h5H,3-4H2,1-2H3;1-2H3. The monoisotopic (exact) mass is 179 g/mol. The molecule has 0 aromatic rings. The largest absolute Gasteiger partial charge is 0.304 e. The summed E-state index contributed by atoms with van der Waals surface area (Å²) < 4.78 is 21.5. The van der Waals surface area contributed by atoms with Crippen LogP contribution in [0.5, 0.6) is 0 Å². The van der Waals surface area contributed by atoms with Crippen molar-refractivity contribution >= 4 is 9.84 Å². The molecule has 11 heavy (non-hydrogen) atoms. The van der Waals surface area contributed by atoms with Crippen molar-refractivity contribution in [1.29, 1.82) is 0 Å². The van der Waals surface area contributed by atoms with Gasteiger partial charge in [0, 0.05) is 19.3 Å². The molecule has 1 aliphatic rings. The van der Waals surface area contributed by atoms with Crippen LogP contribution < -0.4 is 0 Å². The van der Waals surface area contributed by atoms with E-state index < -0.39 is 9.84 Å². The minimum Gasteiger partial charge on any atom is -0.304 e. The maximum absolute atomic E-state index is 10.7. The Morgan fingerprint density at radius 2 is 1.64 bits per heavy atom. The van der Waals surface area contributed by atoms with E-state index in [1.54, 1.807) is 0 Å². The zero-order valence-corrected chi connectivity index (χ0v) is 8.48. The average molecular weight is 179 g/mol. The van der Waals surface area contributed by atoms with Crippen LogP contribution in [-0.4, -0.2) is 45.0 Å². The van der Waals surface area contributed by atoms with Gasteiger partial charge in [-0.1, -0.05) is 13.8 Å². The fraction of sp³-hybridized carbons (Fsp3) is 1.00. The van der Waals surface area contributed by atoms with Gasteiger partial charge in [-0.3, -0.25) is 0 Å². The van der Waals surface area contributed by atoms with E-state index in [0.717, 1.165) is 0 Å². The quantitative estimate of drug-likeness (QED) is 0.583. The highest BCUT2D eigenvalue weighted by atomic mass is 32.2. The number of rotatable bonds is 1. The Bertz CT molecular complexity index is 192. The van der Waals surface area contributed by atoms with Crippen LogP contribution in [0.1, 0.15) is 13.8 Å². The zero-order chi connectivity index (χ0) is 9.07. The van der Waals surface area contributed by atoms with E-state index in [0.29, 0.717) is 13.1 Å². The van der Waals surface area contributed by atoms with Crippen LogP contribution in [0, 0.1) is 0 Å². The first-order valence-corrected chi connectivity index (χ1v) is 5.83. The summed E-state index contributed by atoms with van der Waals surface area (Å²) in [6.45, 7) is 5.41. The van der Waals surface area contributed by atoms with Gasteiger partial charge in [-0.25, -0.2) is 8.42 Å². The van der Waals surface area contributed by atoms with Crippen LogP contribution in [0.4, 0.5) is 0 Å². The van der Waals surface area contributed by atoms with Crippen LogP contribution in [0.2, 0.25) is 0 Å². The average Bonchev–Trinajstić information content (AvgIpc) is 1.84. The normalized spacial score (nSPS) is 20.0. The van der Waals surface area contributed by atoms with Crippen molar-refractivity contribution in [3.05, 3.63) is 0 Å². The van der Waals surface area contributed by atoms with Crippen LogP contribution in [0.15, 0.2) is 0 Å². The number of hydrogen-bond donors (Lipinski definition) is 0. The predicted octanol–water partition coefficient (Wildman–Crippen LogP) is 0.371. The summed E-state index contributed by atoms with van der Waals surface area (Å²) in [6.07, 6.45) is 1.30. The third-order valence-corrected chi connectivity index (χ3v) is 3.15. The summed E-state index contributed by atoms with van der Waals surface area (Å²) in [4.78, 5) is 1.99. The molecule has 68 valence electrons. The van der Waals surface area contributed by atoms with Gasteiger partial charge in [-0.05, 0) is 7.05 Å². The summed E-state index contributed by atoms with van der Waals surface area (Å²) in [5.41, 5.74) is 0. The summed E-state index contributed by atoms with van der Waals surface area (Å²) >= 11 is 0. The van der Waals surface area contributed by atoms with E-state index in [1.807, 2.05) is 25.8 Å². The third kappa shape index (κ3) is 3.20. The summed E-state index contributed by atoms with van der Waals surface area (Å²) in [5, 5.41) is -0.0949. The zero-order valence-electron chi connectivity index (χ0n) is 7.66. The van der Waals surface area contributed by atoms with Gasteiger partial charge >= 0.3 is 0 Å². The van der Waals surface area contributed by atoms with Gasteiger partial charge < -0.3 is 4.90 Å². The molecule has 0 N–H and O–H groups in total. The minimum absolute atomic E-state index is 0.0949. The molecule has 4 heteroatoms. The van der Waals surface area contributed by atoms with Gasteiger partial charge in [-0.2, -0.15) is 0 Å². The Balaban J connectivity index is 0.000000461. The number of hydrogen-bond acceptors (Lipinski definition) is 3. The van der Waals surface area contributed by atoms with Crippen LogP contribution in [-0.2, 0) is 9.84 Å². The Hall–Kier alpha value is -0.0900. The highest BCUT2D eigenvalue weighted by Crippen LogP contribution is 2.11. The first-order valence-electron chi connectivity index (χ1n) is 3.87. The Kier molecular flexibility index (Phi) is 4.03. The van der Waals surface area contributed by atoms with Crippen LogP contribution >= 0.6 is 0 Å². The predicted molar refractivity (Wildman–Crippen MR) is 47.5 cm³/mol. The third-order valence-electron chi connectivity index (χ3n) is 1.64. The van der Waals surface area contributed by atoms with Crippen molar-refractivity contribution in [2.24, 2.45) is 0 Å².